The molecule has 2 fully saturated rings. The molecule has 0 unspecified atom stereocenters. The second kappa shape index (κ2) is 10.2. The molecule has 5 rings (SSSR count). The number of morpholine rings is 1. The third kappa shape index (κ3) is 5.55. The van der Waals surface area contributed by atoms with E-state index in [9.17, 15) is 13.2 Å². The highest BCUT2D eigenvalue weighted by molar-refractivity contribution is 5.56. The number of ether oxygens (including phenoxy) is 1. The minimum atomic E-state index is -4.63. The van der Waals surface area contributed by atoms with Crippen LogP contribution in [0.3, 0.4) is 0 Å². The van der Waals surface area contributed by atoms with E-state index in [1.807, 2.05) is 30.3 Å². The largest absolute Gasteiger partial charge is 0.421 e. The predicted molar refractivity (Wildman–Crippen MR) is 122 cm³/mol. The Hall–Kier alpha value is -3.22. The summed E-state index contributed by atoms with van der Waals surface area (Å²) < 4.78 is 48.6. The second-order valence-corrected chi connectivity index (χ2v) is 8.37. The van der Waals surface area contributed by atoms with Gasteiger partial charge in [-0.05, 0) is 5.56 Å². The van der Waals surface area contributed by atoms with Crippen LogP contribution < -0.4 is 10.4 Å². The number of rotatable bonds is 7. The molecule has 9 nitrogen and oxygen atoms in total. The molecule has 0 aliphatic carbocycles. The standard InChI is InChI=1S/C23H26F3N7O2/c24-23(25,26)19-15-27-22(29-18-14-28-32(16-18)8-7-31-9-12-34-13-10-31)30-21(19)33-20(6-11-35-33)17-4-2-1-3-5-17/h1-5,14-16,20H,6-13H2,(H,27,29,30)/t20-/m0/s1. The number of benzene rings is 1. The number of halogens is 3. The van der Waals surface area contributed by atoms with Gasteiger partial charge in [-0.3, -0.25) is 14.4 Å². The number of nitrogens with one attached hydrogen (secondary N) is 1. The number of aromatic nitrogens is 4. The molecule has 2 aromatic heterocycles. The summed E-state index contributed by atoms with van der Waals surface area (Å²) in [6.45, 7) is 5.03. The van der Waals surface area contributed by atoms with Crippen LogP contribution in [0.25, 0.3) is 0 Å². The van der Waals surface area contributed by atoms with E-state index < -0.39 is 11.7 Å². The van der Waals surface area contributed by atoms with Crippen molar-refractivity contribution in [2.45, 2.75) is 25.2 Å². The smallest absolute Gasteiger partial charge is 0.379 e. The molecule has 3 aromatic rings. The maximum absolute atomic E-state index is 13.8. The summed E-state index contributed by atoms with van der Waals surface area (Å²) in [5, 5.41) is 8.55. The van der Waals surface area contributed by atoms with Crippen molar-refractivity contribution in [3.05, 3.63) is 60.0 Å². The lowest BCUT2D eigenvalue weighted by atomic mass is 10.0. The molecular formula is C23H26F3N7O2. The van der Waals surface area contributed by atoms with Crippen LogP contribution in [0, 0.1) is 0 Å². The van der Waals surface area contributed by atoms with Crippen molar-refractivity contribution in [2.24, 2.45) is 0 Å². The first-order valence-electron chi connectivity index (χ1n) is 11.5. The summed E-state index contributed by atoms with van der Waals surface area (Å²) in [6.07, 6.45) is 0.0755. The van der Waals surface area contributed by atoms with Crippen molar-refractivity contribution in [2.75, 3.05) is 49.8 Å². The summed E-state index contributed by atoms with van der Waals surface area (Å²) in [7, 11) is 0. The third-order valence-electron chi connectivity index (χ3n) is 6.01. The first kappa shape index (κ1) is 23.5. The lowest BCUT2D eigenvalue weighted by Crippen LogP contribution is -2.38. The minimum absolute atomic E-state index is 0.0306. The average Bonchev–Trinajstić information content (AvgIpc) is 3.53. The fourth-order valence-corrected chi connectivity index (χ4v) is 4.21. The number of hydroxylamine groups is 1. The van der Waals surface area contributed by atoms with Crippen LogP contribution in [0.4, 0.5) is 30.6 Å². The minimum Gasteiger partial charge on any atom is -0.379 e. The number of anilines is 3. The maximum atomic E-state index is 13.8. The third-order valence-corrected chi connectivity index (χ3v) is 6.01. The molecule has 0 bridgehead atoms. The number of hydrogen-bond donors (Lipinski definition) is 1. The fourth-order valence-electron chi connectivity index (χ4n) is 4.21. The predicted octanol–water partition coefficient (Wildman–Crippen LogP) is 3.65. The Morgan fingerprint density at radius 3 is 2.60 bits per heavy atom. The molecular weight excluding hydrogens is 463 g/mol. The Kier molecular flexibility index (Phi) is 6.84. The highest BCUT2D eigenvalue weighted by Crippen LogP contribution is 2.41. The van der Waals surface area contributed by atoms with E-state index >= 15 is 0 Å². The van der Waals surface area contributed by atoms with Crippen molar-refractivity contribution in [3.63, 3.8) is 0 Å². The molecule has 12 heteroatoms. The fraction of sp³-hybridized carbons (Fsp3) is 0.435. The number of hydrogen-bond acceptors (Lipinski definition) is 8. The lowest BCUT2D eigenvalue weighted by molar-refractivity contribution is -0.138. The molecule has 0 saturated carbocycles. The van der Waals surface area contributed by atoms with Gasteiger partial charge >= 0.3 is 6.18 Å². The van der Waals surface area contributed by atoms with E-state index in [1.54, 1.807) is 17.1 Å². The van der Waals surface area contributed by atoms with E-state index in [1.165, 1.54) is 5.06 Å². The molecule has 1 aromatic carbocycles. The van der Waals surface area contributed by atoms with Gasteiger partial charge in [0.05, 0.1) is 44.3 Å². The van der Waals surface area contributed by atoms with Gasteiger partial charge in [-0.2, -0.15) is 23.3 Å². The molecule has 35 heavy (non-hydrogen) atoms. The van der Waals surface area contributed by atoms with E-state index in [4.69, 9.17) is 9.57 Å². The van der Waals surface area contributed by atoms with E-state index in [0.29, 0.717) is 25.3 Å². The lowest BCUT2D eigenvalue weighted by Gasteiger charge is -2.26. The second-order valence-electron chi connectivity index (χ2n) is 8.37. The molecule has 0 spiro atoms. The zero-order valence-electron chi connectivity index (χ0n) is 19.0. The Morgan fingerprint density at radius 2 is 1.83 bits per heavy atom. The van der Waals surface area contributed by atoms with Gasteiger partial charge < -0.3 is 10.1 Å². The summed E-state index contributed by atoms with van der Waals surface area (Å²) >= 11 is 0. The van der Waals surface area contributed by atoms with Gasteiger partial charge in [-0.1, -0.05) is 30.3 Å². The molecule has 1 N–H and O–H groups in total. The SMILES string of the molecule is FC(F)(F)c1cnc(Nc2cnn(CCN3CCOCC3)c2)nc1N1OCC[C@H]1c1ccccc1. The van der Waals surface area contributed by atoms with Crippen LogP contribution in [0.1, 0.15) is 23.6 Å². The van der Waals surface area contributed by atoms with Crippen LogP contribution in [0.15, 0.2) is 48.9 Å². The van der Waals surface area contributed by atoms with Gasteiger partial charge in [0.25, 0.3) is 0 Å². The van der Waals surface area contributed by atoms with Gasteiger partial charge in [-0.25, -0.2) is 10.0 Å². The Labute approximate surface area is 200 Å². The van der Waals surface area contributed by atoms with E-state index in [0.717, 1.165) is 44.6 Å². The quantitative estimate of drug-likeness (QED) is 0.539. The van der Waals surface area contributed by atoms with Crippen LogP contribution in [0.5, 0.6) is 0 Å². The van der Waals surface area contributed by atoms with Crippen molar-refractivity contribution in [1.82, 2.24) is 24.6 Å². The van der Waals surface area contributed by atoms with Crippen molar-refractivity contribution < 1.29 is 22.7 Å². The molecule has 4 heterocycles. The normalized spacial score (nSPS) is 19.3. The van der Waals surface area contributed by atoms with Crippen molar-refractivity contribution >= 4 is 17.5 Å². The van der Waals surface area contributed by atoms with E-state index in [2.05, 4.69) is 25.3 Å². The maximum Gasteiger partial charge on any atom is 0.421 e. The molecule has 1 atom stereocenters. The van der Waals surface area contributed by atoms with Gasteiger partial charge in [-0.15, -0.1) is 0 Å². The topological polar surface area (TPSA) is 80.6 Å². The summed E-state index contributed by atoms with van der Waals surface area (Å²) in [6, 6.07) is 8.90. The van der Waals surface area contributed by atoms with Crippen LogP contribution >= 0.6 is 0 Å². The van der Waals surface area contributed by atoms with E-state index in [-0.39, 0.29) is 17.8 Å². The van der Waals surface area contributed by atoms with Crippen molar-refractivity contribution in [3.8, 4) is 0 Å². The summed E-state index contributed by atoms with van der Waals surface area (Å²) in [4.78, 5) is 16.1. The van der Waals surface area contributed by atoms with Gasteiger partial charge in [0.2, 0.25) is 5.95 Å². The average molecular weight is 490 g/mol. The Morgan fingerprint density at radius 1 is 1.03 bits per heavy atom. The molecule has 2 aliphatic rings. The Balaban J connectivity index is 1.34. The van der Waals surface area contributed by atoms with Gasteiger partial charge in [0.15, 0.2) is 5.82 Å². The Bertz CT molecular complexity index is 1120. The van der Waals surface area contributed by atoms with Crippen LogP contribution in [-0.2, 0) is 22.3 Å². The molecule has 2 aliphatic heterocycles. The van der Waals surface area contributed by atoms with Crippen molar-refractivity contribution in [1.29, 1.82) is 0 Å². The summed E-state index contributed by atoms with van der Waals surface area (Å²) in [5.74, 6) is -0.288. The number of alkyl halides is 3. The van der Waals surface area contributed by atoms with Gasteiger partial charge in [0, 0.05) is 38.4 Å². The molecule has 0 amide bonds. The first-order chi connectivity index (χ1) is 17.0. The van der Waals surface area contributed by atoms with Crippen LogP contribution in [-0.4, -0.2) is 64.1 Å². The molecule has 2 saturated heterocycles. The number of nitrogens with zero attached hydrogens (tertiary/aromatic N) is 6. The molecule has 186 valence electrons. The first-order valence-corrected chi connectivity index (χ1v) is 11.5. The monoisotopic (exact) mass is 489 g/mol. The zero-order valence-corrected chi connectivity index (χ0v) is 19.0. The zero-order chi connectivity index (χ0) is 24.3. The van der Waals surface area contributed by atoms with Gasteiger partial charge in [0.1, 0.15) is 5.56 Å². The molecule has 0 radical (unpaired) electrons. The highest BCUT2D eigenvalue weighted by atomic mass is 19.4. The highest BCUT2D eigenvalue weighted by Gasteiger charge is 2.40. The van der Waals surface area contributed by atoms with Crippen LogP contribution in [0.2, 0.25) is 0 Å². The summed E-state index contributed by atoms with van der Waals surface area (Å²) in [5.41, 5.74) is 0.486.